The molecule has 3 rings (SSSR count). The van der Waals surface area contributed by atoms with Gasteiger partial charge in [-0.1, -0.05) is 0 Å². The van der Waals surface area contributed by atoms with Gasteiger partial charge in [-0.2, -0.15) is 9.97 Å². The zero-order chi connectivity index (χ0) is 20.8. The second kappa shape index (κ2) is 7.50. The van der Waals surface area contributed by atoms with Crippen LogP contribution in [0.1, 0.15) is 6.23 Å². The van der Waals surface area contributed by atoms with Crippen molar-refractivity contribution in [2.24, 2.45) is 0 Å². The van der Waals surface area contributed by atoms with Gasteiger partial charge in [0.05, 0.1) is 12.9 Å². The minimum absolute atomic E-state index is 0.0207. The summed E-state index contributed by atoms with van der Waals surface area (Å²) in [5.41, 5.74) is 5.97. The van der Waals surface area contributed by atoms with Gasteiger partial charge in [-0.25, -0.2) is 9.78 Å². The van der Waals surface area contributed by atoms with Crippen molar-refractivity contribution in [3.05, 3.63) is 11.6 Å². The van der Waals surface area contributed by atoms with Gasteiger partial charge in [0.1, 0.15) is 23.8 Å². The van der Waals surface area contributed by atoms with Gasteiger partial charge in [-0.3, -0.25) is 9.13 Å². The Hall–Kier alpha value is -1.90. The van der Waals surface area contributed by atoms with E-state index in [2.05, 4.69) is 15.0 Å². The molecule has 3 heterocycles. The summed E-state index contributed by atoms with van der Waals surface area (Å²) in [6.07, 6.45) is -4.42. The quantitative estimate of drug-likeness (QED) is 0.218. The number of rotatable bonds is 6. The number of halogens is 1. The number of aliphatic hydroxyl groups is 2. The highest BCUT2D eigenvalue weighted by Gasteiger charge is 2.46. The third kappa shape index (κ3) is 3.81. The number of nitrogen functional groups attached to an aromatic ring is 1. The number of carboxylic acid groups (broad SMARTS) is 1. The molecule has 0 aliphatic carbocycles. The molecule has 2 aromatic heterocycles. The number of aromatic nitrogens is 4. The summed E-state index contributed by atoms with van der Waals surface area (Å²) in [7, 11) is -5.11. The highest BCUT2D eigenvalue weighted by molar-refractivity contribution is 7.53. The Morgan fingerprint density at radius 3 is 2.68 bits per heavy atom. The maximum atomic E-state index is 11.2. The first kappa shape index (κ1) is 20.8. The molecule has 1 aliphatic rings. The SMILES string of the molecule is Nc1nc(Cl)nc2c1ncn2[C@@H]1O[C@H](CO[C@H](C(=O)O)P(=O)(O)O)[C@H](O)[C@H]1O. The van der Waals surface area contributed by atoms with Crippen molar-refractivity contribution in [3.63, 3.8) is 0 Å². The number of anilines is 1. The van der Waals surface area contributed by atoms with Crippen LogP contribution in [0.4, 0.5) is 5.82 Å². The van der Waals surface area contributed by atoms with Crippen molar-refractivity contribution in [1.29, 1.82) is 0 Å². The summed E-state index contributed by atoms with van der Waals surface area (Å²) in [6.45, 7) is -0.721. The lowest BCUT2D eigenvalue weighted by molar-refractivity contribution is -0.149. The van der Waals surface area contributed by atoms with Crippen LogP contribution in [0.2, 0.25) is 5.28 Å². The molecule has 16 heteroatoms. The summed E-state index contributed by atoms with van der Waals surface area (Å²) >= 11 is 5.76. The smallest absolute Gasteiger partial charge is 0.365 e. The van der Waals surface area contributed by atoms with Crippen LogP contribution in [-0.2, 0) is 18.8 Å². The molecule has 0 bridgehead atoms. The molecule has 1 fully saturated rings. The molecular weight excluding hydrogens is 425 g/mol. The Balaban J connectivity index is 1.81. The van der Waals surface area contributed by atoms with E-state index in [0.29, 0.717) is 0 Å². The number of nitrogens with two attached hydrogens (primary N) is 1. The molecule has 0 amide bonds. The fourth-order valence-corrected chi connectivity index (χ4v) is 3.43. The van der Waals surface area contributed by atoms with Gasteiger partial charge in [0.25, 0.3) is 5.85 Å². The number of imidazole rings is 1. The van der Waals surface area contributed by atoms with Crippen LogP contribution in [-0.4, -0.2) is 81.4 Å². The van der Waals surface area contributed by atoms with E-state index < -0.39 is 50.6 Å². The lowest BCUT2D eigenvalue weighted by Crippen LogP contribution is -2.36. The van der Waals surface area contributed by atoms with Gasteiger partial charge in [0.2, 0.25) is 5.28 Å². The number of fused-ring (bicyclic) bond motifs is 1. The molecule has 1 aliphatic heterocycles. The third-order valence-corrected chi connectivity index (χ3v) is 5.12. The predicted octanol–water partition coefficient (Wildman–Crippen LogP) is -1.71. The van der Waals surface area contributed by atoms with E-state index >= 15 is 0 Å². The number of hydrogen-bond acceptors (Lipinski definition) is 10. The normalized spacial score (nSPS) is 26.6. The van der Waals surface area contributed by atoms with E-state index in [1.54, 1.807) is 0 Å². The molecule has 2 aromatic rings. The molecule has 0 radical (unpaired) electrons. The Morgan fingerprint density at radius 1 is 1.39 bits per heavy atom. The van der Waals surface area contributed by atoms with E-state index in [4.69, 9.17) is 41.7 Å². The number of aliphatic hydroxyl groups excluding tert-OH is 2. The molecule has 0 unspecified atom stereocenters. The first-order chi connectivity index (χ1) is 13.0. The van der Waals surface area contributed by atoms with Crippen LogP contribution in [0.3, 0.4) is 0 Å². The average Bonchev–Trinajstić information content (AvgIpc) is 3.09. The van der Waals surface area contributed by atoms with Gasteiger partial charge < -0.3 is 40.3 Å². The summed E-state index contributed by atoms with van der Waals surface area (Å²) in [6, 6.07) is 0. The van der Waals surface area contributed by atoms with Gasteiger partial charge >= 0.3 is 13.6 Å². The molecular formula is C12H15ClN5O9P. The van der Waals surface area contributed by atoms with Crippen LogP contribution in [0.15, 0.2) is 6.33 Å². The number of hydrogen-bond donors (Lipinski definition) is 6. The number of ether oxygens (including phenoxy) is 2. The summed E-state index contributed by atoms with van der Waals surface area (Å²) < 4.78 is 22.6. The fourth-order valence-electron chi connectivity index (χ4n) is 2.69. The molecule has 28 heavy (non-hydrogen) atoms. The highest BCUT2D eigenvalue weighted by Crippen LogP contribution is 2.42. The Morgan fingerprint density at radius 2 is 2.07 bits per heavy atom. The van der Waals surface area contributed by atoms with Gasteiger partial charge in [-0.15, -0.1) is 0 Å². The lowest BCUT2D eigenvalue weighted by atomic mass is 10.1. The Labute approximate surface area is 160 Å². The van der Waals surface area contributed by atoms with Crippen molar-refractivity contribution in [2.75, 3.05) is 12.3 Å². The summed E-state index contributed by atoms with van der Waals surface area (Å²) in [4.78, 5) is 40.6. The molecule has 5 atom stereocenters. The van der Waals surface area contributed by atoms with E-state index in [0.717, 1.165) is 0 Å². The first-order valence-electron chi connectivity index (χ1n) is 7.57. The first-order valence-corrected chi connectivity index (χ1v) is 9.63. The molecule has 1 saturated heterocycles. The van der Waals surface area contributed by atoms with Crippen molar-refractivity contribution in [2.45, 2.75) is 30.4 Å². The predicted molar refractivity (Wildman–Crippen MR) is 90.1 cm³/mol. The molecule has 0 aromatic carbocycles. The van der Waals surface area contributed by atoms with Crippen molar-refractivity contribution in [1.82, 2.24) is 19.5 Å². The molecule has 0 spiro atoms. The monoisotopic (exact) mass is 439 g/mol. The number of carboxylic acids is 1. The van der Waals surface area contributed by atoms with E-state index in [-0.39, 0.29) is 22.3 Å². The van der Waals surface area contributed by atoms with E-state index in [1.165, 1.54) is 10.9 Å². The second-order valence-electron chi connectivity index (χ2n) is 5.86. The third-order valence-electron chi connectivity index (χ3n) is 3.97. The lowest BCUT2D eigenvalue weighted by Gasteiger charge is -2.19. The maximum absolute atomic E-state index is 11.2. The van der Waals surface area contributed by atoms with Crippen LogP contribution in [0, 0.1) is 0 Å². The Kier molecular flexibility index (Phi) is 5.58. The maximum Gasteiger partial charge on any atom is 0.365 e. The van der Waals surface area contributed by atoms with Crippen LogP contribution in [0.5, 0.6) is 0 Å². The van der Waals surface area contributed by atoms with Crippen LogP contribution in [0.25, 0.3) is 11.2 Å². The minimum atomic E-state index is -5.11. The van der Waals surface area contributed by atoms with E-state index in [9.17, 15) is 19.6 Å². The zero-order valence-corrected chi connectivity index (χ0v) is 15.4. The molecule has 7 N–H and O–H groups in total. The summed E-state index contributed by atoms with van der Waals surface area (Å²) in [5.74, 6) is -4.35. The second-order valence-corrected chi connectivity index (χ2v) is 7.85. The fraction of sp³-hybridized carbons (Fsp3) is 0.500. The van der Waals surface area contributed by atoms with Crippen LogP contribution < -0.4 is 5.73 Å². The average molecular weight is 440 g/mol. The number of nitrogens with zero attached hydrogens (tertiary/aromatic N) is 4. The molecule has 14 nitrogen and oxygen atoms in total. The van der Waals surface area contributed by atoms with Crippen molar-refractivity contribution in [3.8, 4) is 0 Å². The Bertz CT molecular complexity index is 951. The van der Waals surface area contributed by atoms with Crippen LogP contribution >= 0.6 is 19.2 Å². The van der Waals surface area contributed by atoms with Gasteiger partial charge in [0.15, 0.2) is 17.7 Å². The van der Waals surface area contributed by atoms with Gasteiger partial charge in [-0.05, 0) is 11.6 Å². The van der Waals surface area contributed by atoms with Crippen molar-refractivity contribution < 1.29 is 43.9 Å². The number of aliphatic carboxylic acids is 1. The zero-order valence-electron chi connectivity index (χ0n) is 13.7. The van der Waals surface area contributed by atoms with Crippen molar-refractivity contribution >= 4 is 42.1 Å². The molecule has 0 saturated carbocycles. The number of carbonyl (C=O) groups is 1. The van der Waals surface area contributed by atoms with E-state index in [1.807, 2.05) is 0 Å². The molecule has 154 valence electrons. The largest absolute Gasteiger partial charge is 0.479 e. The standard InChI is InChI=1S/C12H15ClN5O9P/c13-12-16-7(14)4-8(17-12)18(2-15-4)9-6(20)5(19)3(27-9)1-26-11(10(21)22)28(23,24)25/h2-3,5-6,9,11,19-20H,1H2,(H,21,22)(H2,14,16,17)(H2,23,24,25)/t3-,5+,6-,9-,11+/m1/s1. The van der Waals surface area contributed by atoms with Gasteiger partial charge in [0, 0.05) is 0 Å². The minimum Gasteiger partial charge on any atom is -0.479 e. The summed E-state index contributed by atoms with van der Waals surface area (Å²) in [5, 5.41) is 29.1. The topological polar surface area (TPSA) is 223 Å². The highest BCUT2D eigenvalue weighted by atomic mass is 35.5.